The van der Waals surface area contributed by atoms with Gasteiger partial charge in [0.25, 0.3) is 5.56 Å². The van der Waals surface area contributed by atoms with Gasteiger partial charge in [-0.25, -0.2) is 9.07 Å². The minimum absolute atomic E-state index is 0.00577. The monoisotopic (exact) mass is 526 g/mol. The van der Waals surface area contributed by atoms with Crippen LogP contribution in [0.3, 0.4) is 0 Å². The van der Waals surface area contributed by atoms with Crippen LogP contribution >= 0.6 is 0 Å². The largest absolute Gasteiger partial charge is 0.497 e. The number of aromatic nitrogens is 3. The fraction of sp³-hybridized carbons (Fsp3) is 0.167. The molecule has 0 saturated carbocycles. The van der Waals surface area contributed by atoms with Crippen LogP contribution in [0, 0.1) is 12.7 Å². The number of hydrogen-bond acceptors (Lipinski definition) is 6. The van der Waals surface area contributed by atoms with Crippen LogP contribution in [0.15, 0.2) is 83.8 Å². The molecule has 2 aromatic heterocycles. The van der Waals surface area contributed by atoms with Crippen molar-refractivity contribution in [1.82, 2.24) is 14.3 Å². The second-order valence-corrected chi connectivity index (χ2v) is 8.98. The molecule has 2 heterocycles. The molecule has 8 nitrogen and oxygen atoms in total. The molecule has 0 bridgehead atoms. The third kappa shape index (κ3) is 5.04. The number of para-hydroxylation sites is 1. The quantitative estimate of drug-likeness (QED) is 0.277. The summed E-state index contributed by atoms with van der Waals surface area (Å²) >= 11 is 0. The molecule has 5 aromatic rings. The van der Waals surface area contributed by atoms with Gasteiger partial charge in [-0.3, -0.25) is 19.3 Å². The number of carbonyl (C=O) groups is 1. The number of fused-ring (bicyclic) bond motifs is 1. The number of nitrogens with two attached hydrogens (primary N) is 1. The number of hydrogen-bond donors (Lipinski definition) is 1. The highest BCUT2D eigenvalue weighted by atomic mass is 19.1. The molecular formula is C30H27FN4O4. The molecule has 0 atom stereocenters. The van der Waals surface area contributed by atoms with Gasteiger partial charge < -0.3 is 15.2 Å². The molecule has 39 heavy (non-hydrogen) atoms. The van der Waals surface area contributed by atoms with E-state index in [1.54, 1.807) is 67.4 Å². The molecule has 0 aliphatic carbocycles. The van der Waals surface area contributed by atoms with Gasteiger partial charge in [0, 0.05) is 36.3 Å². The molecule has 198 valence electrons. The van der Waals surface area contributed by atoms with Gasteiger partial charge in [0.15, 0.2) is 17.3 Å². The van der Waals surface area contributed by atoms with E-state index >= 15 is 4.39 Å². The predicted octanol–water partition coefficient (Wildman–Crippen LogP) is 4.82. The third-order valence-electron chi connectivity index (χ3n) is 6.51. The summed E-state index contributed by atoms with van der Waals surface area (Å²) in [5.74, 6) is 0.0596. The van der Waals surface area contributed by atoms with Crippen molar-refractivity contribution in [2.24, 2.45) is 5.73 Å². The number of benzene rings is 3. The summed E-state index contributed by atoms with van der Waals surface area (Å²) in [5, 5.41) is 0.698. The van der Waals surface area contributed by atoms with Crippen molar-refractivity contribution in [2.45, 2.75) is 19.9 Å². The molecule has 0 amide bonds. The van der Waals surface area contributed by atoms with Crippen molar-refractivity contribution < 1.29 is 18.7 Å². The van der Waals surface area contributed by atoms with Crippen LogP contribution in [0.4, 0.5) is 4.39 Å². The van der Waals surface area contributed by atoms with Crippen molar-refractivity contribution in [3.8, 4) is 22.9 Å². The second kappa shape index (κ2) is 10.9. The standard InChI is InChI=1S/C30H27FN4O4/c1-19-29(30(37)35(34(19)15-13-32)21-6-4-3-5-7-21)26(36)17-20-8-11-28(24(31)16-20)39-27-12-14-33-25-18-22(38-2)9-10-23(25)27/h3-12,14,16,18H,13,15,17,32H2,1-2H3. The predicted molar refractivity (Wildman–Crippen MR) is 147 cm³/mol. The molecule has 0 aliphatic rings. The summed E-state index contributed by atoms with van der Waals surface area (Å²) in [6.45, 7) is 2.37. The Morgan fingerprint density at radius 1 is 1.03 bits per heavy atom. The molecule has 9 heteroatoms. The zero-order valence-electron chi connectivity index (χ0n) is 21.6. The molecule has 0 fully saturated rings. The van der Waals surface area contributed by atoms with Crippen LogP contribution in [0.5, 0.6) is 17.2 Å². The van der Waals surface area contributed by atoms with Gasteiger partial charge >= 0.3 is 0 Å². The molecule has 0 spiro atoms. The van der Waals surface area contributed by atoms with Crippen LogP contribution in [0.1, 0.15) is 21.6 Å². The Morgan fingerprint density at radius 3 is 2.54 bits per heavy atom. The van der Waals surface area contributed by atoms with E-state index in [1.807, 2.05) is 18.2 Å². The Bertz CT molecular complexity index is 1730. The van der Waals surface area contributed by atoms with E-state index in [0.29, 0.717) is 52.4 Å². The van der Waals surface area contributed by atoms with E-state index in [2.05, 4.69) is 4.98 Å². The normalized spacial score (nSPS) is 11.1. The Labute approximate surface area is 224 Å². The summed E-state index contributed by atoms with van der Waals surface area (Å²) in [5.41, 5.74) is 7.63. The average molecular weight is 527 g/mol. The minimum atomic E-state index is -0.627. The van der Waals surface area contributed by atoms with Gasteiger partial charge in [-0.2, -0.15) is 0 Å². The van der Waals surface area contributed by atoms with E-state index in [4.69, 9.17) is 15.2 Å². The first-order valence-corrected chi connectivity index (χ1v) is 12.4. The lowest BCUT2D eigenvalue weighted by Gasteiger charge is -2.12. The minimum Gasteiger partial charge on any atom is -0.497 e. The number of rotatable bonds is 9. The van der Waals surface area contributed by atoms with Gasteiger partial charge in [0.1, 0.15) is 17.1 Å². The number of halogens is 1. The topological polar surface area (TPSA) is 101 Å². The zero-order chi connectivity index (χ0) is 27.5. The number of ether oxygens (including phenoxy) is 2. The maximum atomic E-state index is 15.1. The Morgan fingerprint density at radius 2 is 1.82 bits per heavy atom. The first kappa shape index (κ1) is 25.9. The van der Waals surface area contributed by atoms with Gasteiger partial charge in [-0.15, -0.1) is 0 Å². The van der Waals surface area contributed by atoms with Crippen LogP contribution in [-0.2, 0) is 13.0 Å². The first-order valence-electron chi connectivity index (χ1n) is 12.4. The second-order valence-electron chi connectivity index (χ2n) is 8.98. The van der Waals surface area contributed by atoms with Crippen molar-refractivity contribution in [2.75, 3.05) is 13.7 Å². The number of carbonyl (C=O) groups excluding carboxylic acids is 1. The number of Topliss-reactive ketones (excluding diaryl/α,β-unsaturated/α-hetero) is 1. The highest BCUT2D eigenvalue weighted by Gasteiger charge is 2.24. The molecular weight excluding hydrogens is 499 g/mol. The molecule has 2 N–H and O–H groups in total. The number of pyridine rings is 1. The van der Waals surface area contributed by atoms with E-state index in [-0.39, 0.29) is 17.7 Å². The number of methoxy groups -OCH3 is 1. The SMILES string of the molecule is COc1ccc2c(Oc3ccc(CC(=O)c4c(C)n(CCN)n(-c5ccccc5)c4=O)cc3F)ccnc2c1. The van der Waals surface area contributed by atoms with Crippen LogP contribution in [-0.4, -0.2) is 33.8 Å². The van der Waals surface area contributed by atoms with E-state index in [0.717, 1.165) is 0 Å². The average Bonchev–Trinajstić information content (AvgIpc) is 3.19. The fourth-order valence-corrected chi connectivity index (χ4v) is 4.63. The van der Waals surface area contributed by atoms with Crippen molar-refractivity contribution in [3.05, 3.63) is 112 Å². The summed E-state index contributed by atoms with van der Waals surface area (Å²) in [7, 11) is 1.57. The lowest BCUT2D eigenvalue weighted by atomic mass is 10.0. The molecule has 5 rings (SSSR count). The maximum absolute atomic E-state index is 15.1. The number of nitrogens with zero attached hydrogens (tertiary/aromatic N) is 3. The summed E-state index contributed by atoms with van der Waals surface area (Å²) in [6.07, 6.45) is 1.43. The molecule has 3 aromatic carbocycles. The summed E-state index contributed by atoms with van der Waals surface area (Å²) in [6, 6.07) is 20.4. The Kier molecular flexibility index (Phi) is 7.25. The van der Waals surface area contributed by atoms with E-state index < -0.39 is 17.2 Å². The summed E-state index contributed by atoms with van der Waals surface area (Å²) < 4.78 is 29.4. The lowest BCUT2D eigenvalue weighted by molar-refractivity contribution is 0.0991. The van der Waals surface area contributed by atoms with Gasteiger partial charge in [-0.05, 0) is 55.0 Å². The molecule has 0 radical (unpaired) electrons. The smallest absolute Gasteiger partial charge is 0.282 e. The molecule has 0 aliphatic heterocycles. The van der Waals surface area contributed by atoms with Crippen LogP contribution in [0.25, 0.3) is 16.6 Å². The third-order valence-corrected chi connectivity index (χ3v) is 6.51. The molecule has 0 unspecified atom stereocenters. The van der Waals surface area contributed by atoms with Gasteiger partial charge in [0.2, 0.25) is 0 Å². The van der Waals surface area contributed by atoms with Gasteiger partial charge in [-0.1, -0.05) is 24.3 Å². The molecule has 0 saturated heterocycles. The highest BCUT2D eigenvalue weighted by Crippen LogP contribution is 2.32. The number of ketones is 1. The van der Waals surface area contributed by atoms with Crippen LogP contribution in [0.2, 0.25) is 0 Å². The van der Waals surface area contributed by atoms with Crippen molar-refractivity contribution >= 4 is 16.7 Å². The maximum Gasteiger partial charge on any atom is 0.282 e. The van der Waals surface area contributed by atoms with Crippen molar-refractivity contribution in [1.29, 1.82) is 0 Å². The van der Waals surface area contributed by atoms with Gasteiger partial charge in [0.05, 0.1) is 24.9 Å². The van der Waals surface area contributed by atoms with Crippen molar-refractivity contribution in [3.63, 3.8) is 0 Å². The first-order chi connectivity index (χ1) is 18.9. The highest BCUT2D eigenvalue weighted by molar-refractivity contribution is 5.98. The Balaban J connectivity index is 1.41. The zero-order valence-corrected chi connectivity index (χ0v) is 21.6. The van der Waals surface area contributed by atoms with E-state index in [9.17, 15) is 9.59 Å². The lowest BCUT2D eigenvalue weighted by Crippen LogP contribution is -2.25. The summed E-state index contributed by atoms with van der Waals surface area (Å²) in [4.78, 5) is 31.0. The van der Waals surface area contributed by atoms with E-state index in [1.165, 1.54) is 16.8 Å². The fourth-order valence-electron chi connectivity index (χ4n) is 4.63. The van der Waals surface area contributed by atoms with Crippen LogP contribution < -0.4 is 20.8 Å². The Hall–Kier alpha value is -4.76.